The number of halogens is 1. The molecule has 31 heavy (non-hydrogen) atoms. The van der Waals surface area contributed by atoms with E-state index in [9.17, 15) is 0 Å². The van der Waals surface area contributed by atoms with Crippen LogP contribution in [-0.2, 0) is 12.8 Å². The van der Waals surface area contributed by atoms with E-state index in [-0.39, 0.29) is 0 Å². The van der Waals surface area contributed by atoms with Crippen molar-refractivity contribution in [3.8, 4) is 27.7 Å². The Morgan fingerprint density at radius 1 is 1.10 bits per heavy atom. The molecule has 0 aliphatic carbocycles. The van der Waals surface area contributed by atoms with Crippen molar-refractivity contribution in [2.24, 2.45) is 13.0 Å². The highest BCUT2D eigenvalue weighted by Crippen LogP contribution is 2.32. The molecule has 8 heteroatoms. The Bertz CT molecular complexity index is 1150. The summed E-state index contributed by atoms with van der Waals surface area (Å²) in [6.45, 7) is 4.98. The SMILES string of the molecule is CC(C)COc1ccc(-c2nnc(SCc3csc(-c4ccccc4Cl)n3)n2C)cc1. The van der Waals surface area contributed by atoms with Gasteiger partial charge in [-0.3, -0.25) is 0 Å². The monoisotopic (exact) mass is 470 g/mol. The predicted molar refractivity (Wildman–Crippen MR) is 129 cm³/mol. The minimum atomic E-state index is 0.497. The van der Waals surface area contributed by atoms with Gasteiger partial charge < -0.3 is 9.30 Å². The molecule has 2 aromatic heterocycles. The van der Waals surface area contributed by atoms with Crippen LogP contribution in [0.25, 0.3) is 22.0 Å². The van der Waals surface area contributed by atoms with Crippen molar-refractivity contribution in [1.82, 2.24) is 19.7 Å². The van der Waals surface area contributed by atoms with Gasteiger partial charge >= 0.3 is 0 Å². The Morgan fingerprint density at radius 3 is 2.61 bits per heavy atom. The van der Waals surface area contributed by atoms with Gasteiger partial charge in [-0.2, -0.15) is 0 Å². The molecule has 160 valence electrons. The zero-order valence-corrected chi connectivity index (χ0v) is 20.0. The first-order valence-corrected chi connectivity index (χ1v) is 12.2. The lowest BCUT2D eigenvalue weighted by atomic mass is 10.2. The molecule has 0 N–H and O–H groups in total. The van der Waals surface area contributed by atoms with Gasteiger partial charge in [-0.05, 0) is 36.2 Å². The molecular weight excluding hydrogens is 448 g/mol. The zero-order chi connectivity index (χ0) is 21.8. The van der Waals surface area contributed by atoms with E-state index >= 15 is 0 Å². The molecule has 0 unspecified atom stereocenters. The molecule has 2 heterocycles. The lowest BCUT2D eigenvalue weighted by Gasteiger charge is -2.09. The third kappa shape index (κ3) is 5.29. The maximum absolute atomic E-state index is 6.30. The highest BCUT2D eigenvalue weighted by molar-refractivity contribution is 7.98. The summed E-state index contributed by atoms with van der Waals surface area (Å²) in [7, 11) is 1.98. The molecule has 0 saturated carbocycles. The van der Waals surface area contributed by atoms with Crippen LogP contribution in [0.4, 0.5) is 0 Å². The minimum absolute atomic E-state index is 0.497. The predicted octanol–water partition coefficient (Wildman–Crippen LogP) is 6.59. The minimum Gasteiger partial charge on any atom is -0.493 e. The van der Waals surface area contributed by atoms with Crippen molar-refractivity contribution in [3.63, 3.8) is 0 Å². The highest BCUT2D eigenvalue weighted by atomic mass is 35.5. The maximum Gasteiger partial charge on any atom is 0.191 e. The molecule has 0 amide bonds. The summed E-state index contributed by atoms with van der Waals surface area (Å²) < 4.78 is 7.77. The number of nitrogens with zero attached hydrogens (tertiary/aromatic N) is 4. The van der Waals surface area contributed by atoms with E-state index in [4.69, 9.17) is 21.3 Å². The number of thiazole rings is 1. The van der Waals surface area contributed by atoms with Gasteiger partial charge in [0.1, 0.15) is 10.8 Å². The van der Waals surface area contributed by atoms with Crippen molar-refractivity contribution in [2.45, 2.75) is 24.8 Å². The summed E-state index contributed by atoms with van der Waals surface area (Å²) in [5.41, 5.74) is 2.97. The molecular formula is C23H23ClN4OS2. The lowest BCUT2D eigenvalue weighted by molar-refractivity contribution is 0.271. The third-order valence-electron chi connectivity index (χ3n) is 4.54. The highest BCUT2D eigenvalue weighted by Gasteiger charge is 2.13. The Balaban J connectivity index is 1.42. The van der Waals surface area contributed by atoms with Crippen LogP contribution < -0.4 is 4.74 Å². The van der Waals surface area contributed by atoms with Gasteiger partial charge in [0, 0.05) is 29.3 Å². The first kappa shape index (κ1) is 21.9. The summed E-state index contributed by atoms with van der Waals surface area (Å²) in [4.78, 5) is 4.73. The Hall–Kier alpha value is -2.35. The second-order valence-corrected chi connectivity index (χ2v) is 9.71. The Kier molecular flexibility index (Phi) is 6.95. The topological polar surface area (TPSA) is 52.8 Å². The van der Waals surface area contributed by atoms with Crippen molar-refractivity contribution in [1.29, 1.82) is 0 Å². The number of thioether (sulfide) groups is 1. The standard InChI is InChI=1S/C23H23ClN4OS2/c1-15(2)12-29-18-10-8-16(9-11-18)21-26-27-23(28(21)3)31-14-17-13-30-22(25-17)19-6-4-5-7-20(19)24/h4-11,13,15H,12,14H2,1-3H3. The lowest BCUT2D eigenvalue weighted by Crippen LogP contribution is -2.04. The molecule has 0 spiro atoms. The second kappa shape index (κ2) is 9.85. The van der Waals surface area contributed by atoms with Crippen LogP contribution in [0.5, 0.6) is 5.75 Å². The fourth-order valence-electron chi connectivity index (χ4n) is 2.93. The molecule has 0 bridgehead atoms. The van der Waals surface area contributed by atoms with E-state index in [0.29, 0.717) is 12.5 Å². The number of benzene rings is 2. The molecule has 0 atom stereocenters. The van der Waals surface area contributed by atoms with Crippen LogP contribution in [0.3, 0.4) is 0 Å². The van der Waals surface area contributed by atoms with Gasteiger partial charge in [-0.25, -0.2) is 4.98 Å². The van der Waals surface area contributed by atoms with E-state index in [1.165, 1.54) is 0 Å². The summed E-state index contributed by atoms with van der Waals surface area (Å²) in [6, 6.07) is 15.8. The summed E-state index contributed by atoms with van der Waals surface area (Å²) in [5.74, 6) is 2.91. The molecule has 0 saturated heterocycles. The van der Waals surface area contributed by atoms with Crippen molar-refractivity contribution < 1.29 is 4.74 Å². The van der Waals surface area contributed by atoms with E-state index in [2.05, 4.69) is 29.4 Å². The molecule has 0 fully saturated rings. The zero-order valence-electron chi connectivity index (χ0n) is 17.6. The number of hydrogen-bond donors (Lipinski definition) is 0. The molecule has 2 aromatic carbocycles. The first-order valence-electron chi connectivity index (χ1n) is 9.96. The maximum atomic E-state index is 6.30. The van der Waals surface area contributed by atoms with Crippen LogP contribution >= 0.6 is 34.7 Å². The van der Waals surface area contributed by atoms with Crippen molar-refractivity contribution >= 4 is 34.7 Å². The van der Waals surface area contributed by atoms with E-state index in [1.807, 2.05) is 60.1 Å². The van der Waals surface area contributed by atoms with Gasteiger partial charge in [0.05, 0.1) is 17.3 Å². The fourth-order valence-corrected chi connectivity index (χ4v) is 4.97. The Morgan fingerprint density at radius 2 is 1.87 bits per heavy atom. The average Bonchev–Trinajstić information content (AvgIpc) is 3.38. The van der Waals surface area contributed by atoms with Crippen molar-refractivity contribution in [2.75, 3.05) is 6.61 Å². The fraction of sp³-hybridized carbons (Fsp3) is 0.261. The number of rotatable bonds is 8. The normalized spacial score (nSPS) is 11.3. The summed E-state index contributed by atoms with van der Waals surface area (Å²) in [5, 5.41) is 13.3. The van der Waals surface area contributed by atoms with Gasteiger partial charge in [0.2, 0.25) is 0 Å². The molecule has 0 aliphatic heterocycles. The van der Waals surface area contributed by atoms with Gasteiger partial charge in [-0.15, -0.1) is 21.5 Å². The van der Waals surface area contributed by atoms with E-state index in [0.717, 1.165) is 49.3 Å². The Labute approximate surface area is 195 Å². The van der Waals surface area contributed by atoms with Crippen LogP contribution in [0.1, 0.15) is 19.5 Å². The third-order valence-corrected chi connectivity index (χ3v) is 6.84. The van der Waals surface area contributed by atoms with Gasteiger partial charge in [0.15, 0.2) is 11.0 Å². The second-order valence-electron chi connectivity index (χ2n) is 7.51. The summed E-state index contributed by atoms with van der Waals surface area (Å²) >= 11 is 9.52. The van der Waals surface area contributed by atoms with Gasteiger partial charge in [-0.1, -0.05) is 55.4 Å². The van der Waals surface area contributed by atoms with Crippen LogP contribution in [0, 0.1) is 5.92 Å². The largest absolute Gasteiger partial charge is 0.493 e. The quantitative estimate of drug-likeness (QED) is 0.272. The number of hydrogen-bond acceptors (Lipinski definition) is 6. The van der Waals surface area contributed by atoms with Gasteiger partial charge in [0.25, 0.3) is 0 Å². The van der Waals surface area contributed by atoms with Crippen LogP contribution in [0.15, 0.2) is 59.1 Å². The van der Waals surface area contributed by atoms with Crippen molar-refractivity contribution in [3.05, 3.63) is 64.6 Å². The average molecular weight is 471 g/mol. The molecule has 4 rings (SSSR count). The summed E-state index contributed by atoms with van der Waals surface area (Å²) in [6.07, 6.45) is 0. The molecule has 5 nitrogen and oxygen atoms in total. The first-order chi connectivity index (χ1) is 15.0. The van der Waals surface area contributed by atoms with Crippen LogP contribution in [-0.4, -0.2) is 26.4 Å². The molecule has 0 aliphatic rings. The molecule has 4 aromatic rings. The molecule has 0 radical (unpaired) electrons. The number of ether oxygens (including phenoxy) is 1. The van der Waals surface area contributed by atoms with E-state index < -0.39 is 0 Å². The van der Waals surface area contributed by atoms with Crippen LogP contribution in [0.2, 0.25) is 5.02 Å². The number of aromatic nitrogens is 4. The van der Waals surface area contributed by atoms with E-state index in [1.54, 1.807) is 23.1 Å². The smallest absolute Gasteiger partial charge is 0.191 e.